The molecule has 2 saturated heterocycles. The van der Waals surface area contributed by atoms with E-state index in [1.165, 1.54) is 0 Å². The van der Waals surface area contributed by atoms with Gasteiger partial charge in [-0.2, -0.15) is 0 Å². The Morgan fingerprint density at radius 1 is 0.906 bits per heavy atom. The highest BCUT2D eigenvalue weighted by atomic mass is 16.7. The van der Waals surface area contributed by atoms with E-state index in [9.17, 15) is 14.4 Å². The number of benzene rings is 3. The van der Waals surface area contributed by atoms with E-state index in [1.54, 1.807) is 4.90 Å². The van der Waals surface area contributed by atoms with Crippen LogP contribution in [0.2, 0.25) is 0 Å². The second-order valence-corrected chi connectivity index (χ2v) is 16.6. The summed E-state index contributed by atoms with van der Waals surface area (Å²) in [4.78, 5) is 43.2. The first-order chi connectivity index (χ1) is 25.4. The lowest BCUT2D eigenvalue weighted by Crippen LogP contribution is -2.65. The van der Waals surface area contributed by atoms with Crippen molar-refractivity contribution < 1.29 is 33.2 Å². The monoisotopic (exact) mass is 723 g/mol. The molecule has 2 aliphatic heterocycles. The summed E-state index contributed by atoms with van der Waals surface area (Å²) in [5.74, 6) is -0.280. The minimum Gasteiger partial charge on any atom is -0.445 e. The molecule has 53 heavy (non-hydrogen) atoms. The first kappa shape index (κ1) is 37.4. The van der Waals surface area contributed by atoms with Crippen molar-refractivity contribution in [2.75, 3.05) is 6.54 Å². The fourth-order valence-corrected chi connectivity index (χ4v) is 9.25. The van der Waals surface area contributed by atoms with Gasteiger partial charge in [-0.3, -0.25) is 9.59 Å². The molecule has 0 radical (unpaired) electrons. The van der Waals surface area contributed by atoms with Gasteiger partial charge in [0.15, 0.2) is 0 Å². The van der Waals surface area contributed by atoms with E-state index in [1.807, 2.05) is 69.3 Å². The van der Waals surface area contributed by atoms with Crippen molar-refractivity contribution in [2.24, 2.45) is 23.2 Å². The molecule has 3 aromatic rings. The van der Waals surface area contributed by atoms with E-state index in [0.29, 0.717) is 31.3 Å². The molecule has 0 spiro atoms. The molecular weight excluding hydrogens is 669 g/mol. The van der Waals surface area contributed by atoms with Crippen molar-refractivity contribution >= 4 is 35.8 Å². The lowest BCUT2D eigenvalue weighted by Gasteiger charge is -2.64. The third-order valence-electron chi connectivity index (χ3n) is 12.6. The minimum absolute atomic E-state index is 0.00723. The highest BCUT2D eigenvalue weighted by Crippen LogP contribution is 2.65. The van der Waals surface area contributed by atoms with E-state index in [-0.39, 0.29) is 42.4 Å². The van der Waals surface area contributed by atoms with E-state index in [2.05, 4.69) is 55.7 Å². The smallest absolute Gasteiger partial charge is 0.445 e. The Labute approximate surface area is 313 Å². The van der Waals surface area contributed by atoms with Gasteiger partial charge in [0, 0.05) is 13.0 Å². The van der Waals surface area contributed by atoms with E-state index in [4.69, 9.17) is 18.8 Å². The summed E-state index contributed by atoms with van der Waals surface area (Å²) in [7, 11) is -0.580. The first-order valence-electron chi connectivity index (χ1n) is 19.4. The number of nitrogens with zero attached hydrogens (tertiary/aromatic N) is 1. The topological polar surface area (TPSA) is 115 Å². The third kappa shape index (κ3) is 7.45. The number of hydrogen-bond donors (Lipinski definition) is 2. The summed E-state index contributed by atoms with van der Waals surface area (Å²) in [6.45, 7) is 13.2. The normalized spacial score (nSPS) is 28.2. The second-order valence-electron chi connectivity index (χ2n) is 16.6. The second kappa shape index (κ2) is 15.1. The quantitative estimate of drug-likeness (QED) is 0.207. The van der Waals surface area contributed by atoms with Crippen LogP contribution in [0.25, 0.3) is 10.8 Å². The summed E-state index contributed by atoms with van der Waals surface area (Å²) in [5.41, 5.74) is 1.65. The molecule has 2 bridgehead atoms. The van der Waals surface area contributed by atoms with Gasteiger partial charge < -0.3 is 34.3 Å². The van der Waals surface area contributed by atoms with Crippen molar-refractivity contribution in [1.82, 2.24) is 15.5 Å². The number of carbonyl (C=O) groups excluding carboxylic acids is 3. The van der Waals surface area contributed by atoms with Crippen LogP contribution >= 0.6 is 0 Å². The van der Waals surface area contributed by atoms with Crippen molar-refractivity contribution in [3.63, 3.8) is 0 Å². The van der Waals surface area contributed by atoms with E-state index < -0.39 is 42.9 Å². The number of rotatable bonds is 12. The number of amides is 3. The molecule has 5 aliphatic rings. The molecule has 2 heterocycles. The summed E-state index contributed by atoms with van der Waals surface area (Å²) in [6.07, 6.45) is 1.92. The van der Waals surface area contributed by atoms with Crippen molar-refractivity contribution in [3.8, 4) is 0 Å². The highest BCUT2D eigenvalue weighted by Gasteiger charge is 2.68. The van der Waals surface area contributed by atoms with Gasteiger partial charge in [0.25, 0.3) is 0 Å². The van der Waals surface area contributed by atoms with Crippen LogP contribution in [0.1, 0.15) is 78.4 Å². The molecular formula is C42H54BN3O7. The molecule has 1 unspecified atom stereocenters. The van der Waals surface area contributed by atoms with E-state index in [0.717, 1.165) is 34.7 Å². The molecule has 10 nitrogen and oxygen atoms in total. The van der Waals surface area contributed by atoms with Crippen LogP contribution in [-0.4, -0.2) is 72.3 Å². The summed E-state index contributed by atoms with van der Waals surface area (Å²) < 4.78 is 25.2. The van der Waals surface area contributed by atoms with Crippen LogP contribution in [0, 0.1) is 23.2 Å². The zero-order valence-corrected chi connectivity index (χ0v) is 31.9. The fourth-order valence-electron chi connectivity index (χ4n) is 9.25. The van der Waals surface area contributed by atoms with Crippen molar-refractivity contribution in [3.05, 3.63) is 83.9 Å². The number of ether oxygens (including phenoxy) is 2. The van der Waals surface area contributed by atoms with Gasteiger partial charge >= 0.3 is 13.2 Å². The maximum Gasteiger partial charge on any atom is 0.481 e. The standard InChI is InChI=1S/C42H54BN3O7/c1-7-36(43-52-35-21-31-20-34(41(31,4)5)42(35,6)53-43)44-38(47)33-22-32(50-25-28-17-18-29-15-11-12-16-30(29)19-28)23-46(33)39(48)37(26(2)3)45-40(49)51-24-27-13-9-8-10-14-27/h8-19,26,31-37H,7,20-25H2,1-6H3,(H,44,47)(H,45,49)/t31-,32+,33-,34-,35?,36-,37-,42-/m0/s1. The van der Waals surface area contributed by atoms with Gasteiger partial charge in [0.05, 0.1) is 30.4 Å². The Kier molecular flexibility index (Phi) is 10.6. The highest BCUT2D eigenvalue weighted by molar-refractivity contribution is 6.47. The van der Waals surface area contributed by atoms with Crippen LogP contribution in [-0.2, 0) is 41.6 Å². The molecule has 3 amide bonds. The molecule has 5 fully saturated rings. The van der Waals surface area contributed by atoms with Gasteiger partial charge in [-0.05, 0) is 77.3 Å². The maximum atomic E-state index is 14.4. The van der Waals surface area contributed by atoms with Gasteiger partial charge in [-0.1, -0.05) is 101 Å². The average Bonchev–Trinajstić information content (AvgIpc) is 3.75. The molecule has 3 aliphatic carbocycles. The van der Waals surface area contributed by atoms with Gasteiger partial charge in [0.1, 0.15) is 18.7 Å². The molecule has 3 saturated carbocycles. The summed E-state index contributed by atoms with van der Waals surface area (Å²) in [5, 5.41) is 8.28. The van der Waals surface area contributed by atoms with Crippen LogP contribution in [0.5, 0.6) is 0 Å². The molecule has 282 valence electrons. The fraction of sp³-hybridized carbons (Fsp3) is 0.548. The molecule has 8 atom stereocenters. The largest absolute Gasteiger partial charge is 0.481 e. The lowest BCUT2D eigenvalue weighted by atomic mass is 9.43. The zero-order chi connectivity index (χ0) is 37.5. The Balaban J connectivity index is 1.06. The minimum atomic E-state index is -0.908. The Bertz CT molecular complexity index is 1810. The zero-order valence-electron chi connectivity index (χ0n) is 31.9. The number of alkyl carbamates (subject to hydrolysis) is 1. The summed E-state index contributed by atoms with van der Waals surface area (Å²) >= 11 is 0. The van der Waals surface area contributed by atoms with Gasteiger partial charge in [-0.15, -0.1) is 0 Å². The molecule has 8 rings (SSSR count). The SMILES string of the molecule is CC[C@H](NC(=O)[C@@H]1C[C@@H](OCc2ccc3ccccc3c2)CN1C(=O)[C@@H](NC(=O)OCc1ccccc1)C(C)C)B1OC2C[C@@H]3C[C@@H](C3(C)C)[C@]2(C)O1. The van der Waals surface area contributed by atoms with Gasteiger partial charge in [0.2, 0.25) is 11.8 Å². The molecule has 0 aromatic heterocycles. The number of fused-ring (bicyclic) bond motifs is 1. The maximum absolute atomic E-state index is 14.4. The average molecular weight is 724 g/mol. The first-order valence-corrected chi connectivity index (χ1v) is 19.4. The summed E-state index contributed by atoms with van der Waals surface area (Å²) in [6, 6.07) is 22.0. The molecule has 2 N–H and O–H groups in total. The molecule has 11 heteroatoms. The van der Waals surface area contributed by atoms with Crippen LogP contribution in [0.3, 0.4) is 0 Å². The lowest BCUT2D eigenvalue weighted by molar-refractivity contribution is -0.199. The van der Waals surface area contributed by atoms with Crippen molar-refractivity contribution in [1.29, 1.82) is 0 Å². The van der Waals surface area contributed by atoms with Crippen LogP contribution in [0.4, 0.5) is 4.79 Å². The number of nitrogens with one attached hydrogen (secondary N) is 2. The Hall–Kier alpha value is -3.93. The van der Waals surface area contributed by atoms with E-state index >= 15 is 0 Å². The Morgan fingerprint density at radius 3 is 2.36 bits per heavy atom. The van der Waals surface area contributed by atoms with Crippen LogP contribution < -0.4 is 10.6 Å². The number of carbonyl (C=O) groups is 3. The van der Waals surface area contributed by atoms with Crippen LogP contribution in [0.15, 0.2) is 72.8 Å². The van der Waals surface area contributed by atoms with Gasteiger partial charge in [-0.25, -0.2) is 4.79 Å². The predicted octanol–water partition coefficient (Wildman–Crippen LogP) is 6.44. The third-order valence-corrected chi connectivity index (χ3v) is 12.6. The Morgan fingerprint density at radius 2 is 1.64 bits per heavy atom. The predicted molar refractivity (Wildman–Crippen MR) is 203 cm³/mol. The molecule has 3 aromatic carbocycles. The number of hydrogen-bond acceptors (Lipinski definition) is 7. The van der Waals surface area contributed by atoms with Crippen molar-refractivity contribution in [2.45, 2.75) is 116 Å². The number of likely N-dealkylation sites (tertiary alicyclic amines) is 1.